The van der Waals surface area contributed by atoms with Crippen LogP contribution in [0.5, 0.6) is 11.5 Å². The van der Waals surface area contributed by atoms with Gasteiger partial charge in [0.2, 0.25) is 5.91 Å². The maximum absolute atomic E-state index is 12.4. The van der Waals surface area contributed by atoms with Crippen LogP contribution in [0.1, 0.15) is 29.9 Å². The van der Waals surface area contributed by atoms with Crippen LogP contribution in [0.25, 0.3) is 17.0 Å². The molecule has 0 aliphatic carbocycles. The van der Waals surface area contributed by atoms with E-state index in [0.717, 1.165) is 38.0 Å². The Hall–Kier alpha value is -3.67. The van der Waals surface area contributed by atoms with Gasteiger partial charge in [-0.15, -0.1) is 0 Å². The molecule has 1 fully saturated rings. The fraction of sp³-hybridized carbons (Fsp3) is 0.441. The molecule has 10 heteroatoms. The Morgan fingerprint density at radius 1 is 0.932 bits per heavy atom. The molecule has 10 nitrogen and oxygen atoms in total. The van der Waals surface area contributed by atoms with Gasteiger partial charge < -0.3 is 43.6 Å². The van der Waals surface area contributed by atoms with E-state index in [1.807, 2.05) is 30.4 Å². The number of nitrogens with zero attached hydrogens (tertiary/aromatic N) is 1. The number of para-hydroxylation sites is 1. The third-order valence-electron chi connectivity index (χ3n) is 7.45. The van der Waals surface area contributed by atoms with Gasteiger partial charge in [-0.05, 0) is 61.2 Å². The summed E-state index contributed by atoms with van der Waals surface area (Å²) in [6, 6.07) is 14.1. The number of likely N-dealkylation sites (tertiary alicyclic amines) is 1. The zero-order valence-electron chi connectivity index (χ0n) is 25.8. The summed E-state index contributed by atoms with van der Waals surface area (Å²) in [6.45, 7) is 5.48. The minimum Gasteiger partial charge on any atom is -0.464 e. The molecule has 2 aromatic carbocycles. The van der Waals surface area contributed by atoms with Crippen LogP contribution in [0.15, 0.2) is 66.9 Å². The molecule has 1 aromatic heterocycles. The number of nitrogens with one attached hydrogen (secondary N) is 2. The van der Waals surface area contributed by atoms with Crippen LogP contribution >= 0.6 is 0 Å². The van der Waals surface area contributed by atoms with Gasteiger partial charge in [0.25, 0.3) is 0 Å². The second-order valence-electron chi connectivity index (χ2n) is 10.4. The van der Waals surface area contributed by atoms with Crippen LogP contribution < -0.4 is 14.8 Å². The lowest BCUT2D eigenvalue weighted by Crippen LogP contribution is -2.38. The minimum atomic E-state index is -0.113. The first-order chi connectivity index (χ1) is 21.7. The van der Waals surface area contributed by atoms with Crippen molar-refractivity contribution in [1.82, 2.24) is 15.2 Å². The predicted molar refractivity (Wildman–Crippen MR) is 171 cm³/mol. The van der Waals surface area contributed by atoms with E-state index in [-0.39, 0.29) is 19.5 Å². The molecular formula is C34H45N3O7. The van der Waals surface area contributed by atoms with Gasteiger partial charge >= 0.3 is 0 Å². The number of amides is 1. The van der Waals surface area contributed by atoms with Gasteiger partial charge in [0.15, 0.2) is 25.1 Å². The van der Waals surface area contributed by atoms with E-state index in [2.05, 4.69) is 45.7 Å². The molecule has 1 aliphatic heterocycles. The van der Waals surface area contributed by atoms with Crippen molar-refractivity contribution in [2.45, 2.75) is 18.8 Å². The van der Waals surface area contributed by atoms with Gasteiger partial charge in [0.1, 0.15) is 0 Å². The number of ether oxygens (including phenoxy) is 6. The first-order valence-electron chi connectivity index (χ1n) is 15.1. The van der Waals surface area contributed by atoms with Crippen molar-refractivity contribution in [3.05, 3.63) is 78.0 Å². The molecule has 1 saturated heterocycles. The van der Waals surface area contributed by atoms with Crippen molar-refractivity contribution in [2.75, 3.05) is 80.4 Å². The van der Waals surface area contributed by atoms with Crippen molar-refractivity contribution in [3.63, 3.8) is 0 Å². The largest absolute Gasteiger partial charge is 0.464 e. The Morgan fingerprint density at radius 2 is 1.66 bits per heavy atom. The van der Waals surface area contributed by atoms with Crippen LogP contribution in [-0.4, -0.2) is 96.2 Å². The van der Waals surface area contributed by atoms with Crippen LogP contribution in [-0.2, 0) is 23.7 Å². The summed E-state index contributed by atoms with van der Waals surface area (Å²) in [4.78, 5) is 18.2. The number of aromatic amines is 1. The molecule has 0 spiro atoms. The summed E-state index contributed by atoms with van der Waals surface area (Å²) in [5, 5.41) is 4.33. The fourth-order valence-electron chi connectivity index (χ4n) is 5.08. The first kappa shape index (κ1) is 33.2. The molecule has 1 amide bonds. The maximum Gasteiger partial charge on any atom is 0.244 e. The van der Waals surface area contributed by atoms with Crippen molar-refractivity contribution in [1.29, 1.82) is 0 Å². The molecule has 44 heavy (non-hydrogen) atoms. The first-order valence-corrected chi connectivity index (χ1v) is 15.1. The number of rotatable bonds is 19. The van der Waals surface area contributed by atoms with Gasteiger partial charge in [-0.3, -0.25) is 4.79 Å². The molecule has 0 saturated carbocycles. The smallest absolute Gasteiger partial charge is 0.244 e. The van der Waals surface area contributed by atoms with E-state index in [1.165, 1.54) is 22.5 Å². The monoisotopic (exact) mass is 607 g/mol. The summed E-state index contributed by atoms with van der Waals surface area (Å²) in [7, 11) is 3.23. The number of hydrogen-bond acceptors (Lipinski definition) is 8. The highest BCUT2D eigenvalue weighted by Crippen LogP contribution is 2.33. The number of hydrogen-bond donors (Lipinski definition) is 2. The van der Waals surface area contributed by atoms with E-state index in [1.54, 1.807) is 20.3 Å². The summed E-state index contributed by atoms with van der Waals surface area (Å²) < 4.78 is 32.3. The summed E-state index contributed by atoms with van der Waals surface area (Å²) in [6.07, 6.45) is 11.4. The highest BCUT2D eigenvalue weighted by atomic mass is 16.7. The second-order valence-corrected chi connectivity index (χ2v) is 10.4. The number of allylic oxidation sites excluding steroid dienone is 2. The number of H-pyrrole nitrogens is 1. The number of carbonyl (C=O) groups excluding carboxylic acids is 1. The quantitative estimate of drug-likeness (QED) is 0.0873. The van der Waals surface area contributed by atoms with Crippen molar-refractivity contribution in [2.24, 2.45) is 0 Å². The lowest BCUT2D eigenvalue weighted by molar-refractivity contribution is -0.116. The fourth-order valence-corrected chi connectivity index (χ4v) is 5.08. The van der Waals surface area contributed by atoms with Crippen LogP contribution in [0.2, 0.25) is 0 Å². The Kier molecular flexibility index (Phi) is 14.3. The second kappa shape index (κ2) is 18.9. The van der Waals surface area contributed by atoms with E-state index in [0.29, 0.717) is 50.4 Å². The van der Waals surface area contributed by atoms with Crippen LogP contribution in [0, 0.1) is 0 Å². The number of fused-ring (bicyclic) bond motifs is 1. The molecule has 2 heterocycles. The molecule has 0 atom stereocenters. The van der Waals surface area contributed by atoms with E-state index in [4.69, 9.17) is 28.4 Å². The Labute approximate surface area is 259 Å². The van der Waals surface area contributed by atoms with Crippen molar-refractivity contribution < 1.29 is 33.2 Å². The summed E-state index contributed by atoms with van der Waals surface area (Å²) in [5.41, 5.74) is 3.51. The van der Waals surface area contributed by atoms with E-state index >= 15 is 0 Å². The summed E-state index contributed by atoms with van der Waals surface area (Å²) in [5.74, 6) is 1.52. The molecule has 2 N–H and O–H groups in total. The van der Waals surface area contributed by atoms with E-state index in [9.17, 15) is 4.79 Å². The lowest BCUT2D eigenvalue weighted by atomic mass is 9.89. The van der Waals surface area contributed by atoms with Crippen LogP contribution in [0.3, 0.4) is 0 Å². The minimum absolute atomic E-state index is 0.0552. The average molecular weight is 608 g/mol. The number of carbonyl (C=O) groups is 1. The zero-order chi connectivity index (χ0) is 30.8. The number of methoxy groups -OCH3 is 2. The molecule has 0 unspecified atom stereocenters. The van der Waals surface area contributed by atoms with Crippen LogP contribution in [0.4, 0.5) is 0 Å². The van der Waals surface area contributed by atoms with Gasteiger partial charge in [0, 0.05) is 50.5 Å². The summed E-state index contributed by atoms with van der Waals surface area (Å²) >= 11 is 0. The van der Waals surface area contributed by atoms with Gasteiger partial charge in [-0.25, -0.2) is 0 Å². The topological polar surface area (TPSA) is 104 Å². The number of benzene rings is 2. The highest BCUT2D eigenvalue weighted by molar-refractivity contribution is 5.88. The molecule has 3 aromatic rings. The van der Waals surface area contributed by atoms with E-state index < -0.39 is 0 Å². The normalized spacial score (nSPS) is 14.6. The van der Waals surface area contributed by atoms with Gasteiger partial charge in [-0.1, -0.05) is 42.5 Å². The molecular weight excluding hydrogens is 562 g/mol. The lowest BCUT2D eigenvalue weighted by Gasteiger charge is -2.31. The molecule has 0 bridgehead atoms. The molecule has 4 rings (SSSR count). The average Bonchev–Trinajstić information content (AvgIpc) is 3.48. The number of piperidine rings is 1. The Bertz CT molecular complexity index is 1330. The van der Waals surface area contributed by atoms with Gasteiger partial charge in [0.05, 0.1) is 26.4 Å². The number of aromatic nitrogens is 1. The highest BCUT2D eigenvalue weighted by Gasteiger charge is 2.22. The third-order valence-corrected chi connectivity index (χ3v) is 7.45. The standard InChI is InChI=1S/C34H45N3O7/c1-39-19-21-41-25-43-32-12-11-27(23-33(32)44-26-42-22-20-40-2)7-3-6-10-34(38)35-15-18-37-16-13-28(14-17-37)30-24-36-31-9-5-4-8-29(30)31/h3-12,23-24,28,36H,13-22,25-26H2,1-2H3,(H,35,38)/b7-3+,10-6+. The predicted octanol–water partition coefficient (Wildman–Crippen LogP) is 4.73. The SMILES string of the molecule is COCCOCOc1ccc(/C=C/C=C/C(=O)NCCN2CCC(c3c[nH]c4ccccc34)CC2)cc1OCOCCOC. The molecule has 0 radical (unpaired) electrons. The Balaban J connectivity index is 1.18. The van der Waals surface area contributed by atoms with Crippen molar-refractivity contribution in [3.8, 4) is 11.5 Å². The van der Waals surface area contributed by atoms with Gasteiger partial charge in [-0.2, -0.15) is 0 Å². The maximum atomic E-state index is 12.4. The zero-order valence-corrected chi connectivity index (χ0v) is 25.8. The molecule has 1 aliphatic rings. The third kappa shape index (κ3) is 10.8. The van der Waals surface area contributed by atoms with Crippen molar-refractivity contribution >= 4 is 22.9 Å². The molecule has 238 valence electrons. The Morgan fingerprint density at radius 3 is 2.41 bits per heavy atom.